The van der Waals surface area contributed by atoms with Crippen molar-refractivity contribution in [3.05, 3.63) is 94.8 Å². The second-order valence-corrected chi connectivity index (χ2v) is 12.7. The van der Waals surface area contributed by atoms with E-state index in [1.165, 1.54) is 40.7 Å². The summed E-state index contributed by atoms with van der Waals surface area (Å²) < 4.78 is 68.4. The van der Waals surface area contributed by atoms with Crippen molar-refractivity contribution >= 4 is 50.9 Å². The van der Waals surface area contributed by atoms with Crippen molar-refractivity contribution in [1.29, 1.82) is 0 Å². The van der Waals surface area contributed by atoms with Crippen molar-refractivity contribution in [3.63, 3.8) is 0 Å². The van der Waals surface area contributed by atoms with Gasteiger partial charge in [0.15, 0.2) is 11.0 Å². The third kappa shape index (κ3) is 8.22. The summed E-state index contributed by atoms with van der Waals surface area (Å²) in [5.74, 6) is -1.21. The topological polar surface area (TPSA) is 126 Å². The zero-order valence-corrected chi connectivity index (χ0v) is 26.4. The molecule has 0 atom stereocenters. The number of anilines is 1. The van der Waals surface area contributed by atoms with Crippen molar-refractivity contribution < 1.29 is 31.2 Å². The predicted molar refractivity (Wildman–Crippen MR) is 165 cm³/mol. The number of carbonyl (C=O) groups is 2. The lowest BCUT2D eigenvalue weighted by molar-refractivity contribution is -0.137. The van der Waals surface area contributed by atoms with Gasteiger partial charge in [-0.05, 0) is 54.6 Å². The zero-order valence-electron chi connectivity index (χ0n) is 24.0. The Morgan fingerprint density at radius 2 is 1.67 bits per heavy atom. The van der Waals surface area contributed by atoms with E-state index in [1.54, 1.807) is 42.7 Å². The standard InChI is InChI=1S/C29H28ClF3N6O4S2/c1-3-38(4-2)45(42,43)22-14-12-19(13-15-22)27(41)34-17-25-36-37-28(39(25)21-9-7-8-20(30)16-21)44-18-26(40)35-24-11-6-5-10-23(24)29(31,32)33/h5-16H,3-4,17-18H2,1-2H3,(H,34,41)(H,35,40). The molecule has 2 N–H and O–H groups in total. The molecule has 0 aliphatic carbocycles. The number of nitrogens with zero attached hydrogens (tertiary/aromatic N) is 4. The van der Waals surface area contributed by atoms with E-state index in [-0.39, 0.29) is 39.4 Å². The highest BCUT2D eigenvalue weighted by Gasteiger charge is 2.33. The Morgan fingerprint density at radius 1 is 0.978 bits per heavy atom. The molecule has 10 nitrogen and oxygen atoms in total. The highest BCUT2D eigenvalue weighted by molar-refractivity contribution is 7.99. The number of alkyl halides is 3. The van der Waals surface area contributed by atoms with E-state index in [0.29, 0.717) is 23.8 Å². The molecule has 4 aromatic rings. The number of thioether (sulfide) groups is 1. The van der Waals surface area contributed by atoms with Crippen LogP contribution < -0.4 is 10.6 Å². The molecule has 0 radical (unpaired) electrons. The van der Waals surface area contributed by atoms with E-state index in [1.807, 2.05) is 0 Å². The molecule has 0 saturated heterocycles. The molecule has 45 heavy (non-hydrogen) atoms. The lowest BCUT2D eigenvalue weighted by Crippen LogP contribution is -2.30. The minimum Gasteiger partial charge on any atom is -0.345 e. The lowest BCUT2D eigenvalue weighted by Gasteiger charge is -2.18. The first-order chi connectivity index (χ1) is 21.3. The highest BCUT2D eigenvalue weighted by atomic mass is 35.5. The van der Waals surface area contributed by atoms with Crippen molar-refractivity contribution in [1.82, 2.24) is 24.4 Å². The molecule has 16 heteroatoms. The average Bonchev–Trinajstić information content (AvgIpc) is 3.42. The molecule has 1 aromatic heterocycles. The number of carbonyl (C=O) groups excluding carboxylic acids is 2. The van der Waals surface area contributed by atoms with Crippen molar-refractivity contribution in [3.8, 4) is 5.69 Å². The van der Waals surface area contributed by atoms with E-state index >= 15 is 0 Å². The van der Waals surface area contributed by atoms with Gasteiger partial charge in [0.25, 0.3) is 5.91 Å². The quantitative estimate of drug-likeness (QED) is 0.186. The van der Waals surface area contributed by atoms with Crippen LogP contribution in [0.1, 0.15) is 35.6 Å². The summed E-state index contributed by atoms with van der Waals surface area (Å²) in [5, 5.41) is 13.9. The van der Waals surface area contributed by atoms with Crippen LogP contribution in [0.25, 0.3) is 5.69 Å². The third-order valence-electron chi connectivity index (χ3n) is 6.47. The molecule has 2 amide bonds. The van der Waals surface area contributed by atoms with Crippen molar-refractivity contribution in [2.24, 2.45) is 0 Å². The molecule has 0 aliphatic rings. The number of rotatable bonds is 12. The maximum absolute atomic E-state index is 13.3. The molecule has 0 unspecified atom stereocenters. The first-order valence-corrected chi connectivity index (χ1v) is 16.3. The Labute approximate surface area is 267 Å². The largest absolute Gasteiger partial charge is 0.418 e. The Hall–Kier alpha value is -3.92. The van der Waals surface area contributed by atoms with Crippen molar-refractivity contribution in [2.45, 2.75) is 36.6 Å². The molecule has 0 saturated carbocycles. The summed E-state index contributed by atoms with van der Waals surface area (Å²) in [5.41, 5.74) is -0.599. The van der Waals surface area contributed by atoms with Gasteiger partial charge in [-0.1, -0.05) is 55.4 Å². The van der Waals surface area contributed by atoms with Crippen molar-refractivity contribution in [2.75, 3.05) is 24.2 Å². The number of benzene rings is 3. The number of sulfonamides is 1. The van der Waals surface area contributed by atoms with Crippen LogP contribution in [0, 0.1) is 0 Å². The fourth-order valence-corrected chi connectivity index (χ4v) is 6.70. The third-order valence-corrected chi connectivity index (χ3v) is 9.70. The second kappa shape index (κ2) is 14.5. The molecule has 238 valence electrons. The SMILES string of the molecule is CCN(CC)S(=O)(=O)c1ccc(C(=O)NCc2nnc(SCC(=O)Nc3ccccc3C(F)(F)F)n2-c2cccc(Cl)c2)cc1. The van der Waals surface area contributed by atoms with Gasteiger partial charge in [-0.3, -0.25) is 14.2 Å². The second-order valence-electron chi connectivity index (χ2n) is 9.39. The number of para-hydroxylation sites is 1. The summed E-state index contributed by atoms with van der Waals surface area (Å²) in [6.07, 6.45) is -4.64. The van der Waals surface area contributed by atoms with Gasteiger partial charge in [0.2, 0.25) is 15.9 Å². The van der Waals surface area contributed by atoms with Crippen LogP contribution in [0.2, 0.25) is 5.02 Å². The van der Waals surface area contributed by atoms with Crippen LogP contribution in [0.5, 0.6) is 0 Å². The van der Waals surface area contributed by atoms with E-state index < -0.39 is 33.6 Å². The summed E-state index contributed by atoms with van der Waals surface area (Å²) >= 11 is 7.12. The summed E-state index contributed by atoms with van der Waals surface area (Å²) in [6.45, 7) is 3.99. The van der Waals surface area contributed by atoms with Gasteiger partial charge in [-0.25, -0.2) is 8.42 Å². The van der Waals surface area contributed by atoms with Crippen LogP contribution in [0.4, 0.5) is 18.9 Å². The molecular formula is C29H28ClF3N6O4S2. The molecule has 0 aliphatic heterocycles. The number of halogens is 4. The molecule has 0 fully saturated rings. The smallest absolute Gasteiger partial charge is 0.345 e. The number of hydrogen-bond acceptors (Lipinski definition) is 7. The maximum atomic E-state index is 13.3. The Kier molecular flexibility index (Phi) is 10.9. The van der Waals surface area contributed by atoms with E-state index in [0.717, 1.165) is 23.9 Å². The van der Waals surface area contributed by atoms with Gasteiger partial charge < -0.3 is 10.6 Å². The first-order valence-electron chi connectivity index (χ1n) is 13.5. The van der Waals surface area contributed by atoms with Gasteiger partial charge in [0.05, 0.1) is 34.1 Å². The molecule has 0 bridgehead atoms. The fourth-order valence-electron chi connectivity index (χ4n) is 4.29. The average molecular weight is 681 g/mol. The van der Waals surface area contributed by atoms with Crippen LogP contribution in [0.15, 0.2) is 82.8 Å². The fraction of sp³-hybridized carbons (Fsp3) is 0.241. The van der Waals surface area contributed by atoms with Gasteiger partial charge in [-0.15, -0.1) is 10.2 Å². The van der Waals surface area contributed by atoms with Crippen LogP contribution >= 0.6 is 23.4 Å². The molecule has 3 aromatic carbocycles. The Morgan fingerprint density at radius 3 is 2.31 bits per heavy atom. The number of aromatic nitrogens is 3. The van der Waals surface area contributed by atoms with E-state index in [2.05, 4.69) is 20.8 Å². The lowest BCUT2D eigenvalue weighted by atomic mass is 10.1. The van der Waals surface area contributed by atoms with Gasteiger partial charge >= 0.3 is 6.18 Å². The molecule has 1 heterocycles. The van der Waals surface area contributed by atoms with E-state index in [9.17, 15) is 31.2 Å². The van der Waals surface area contributed by atoms with Crippen LogP contribution in [-0.4, -0.2) is 58.1 Å². The predicted octanol–water partition coefficient (Wildman–Crippen LogP) is 5.63. The Bertz CT molecular complexity index is 1780. The van der Waals surface area contributed by atoms with Gasteiger partial charge in [0, 0.05) is 23.7 Å². The minimum atomic E-state index is -4.64. The monoisotopic (exact) mass is 680 g/mol. The van der Waals surface area contributed by atoms with E-state index in [4.69, 9.17) is 11.6 Å². The molecule has 4 rings (SSSR count). The molecular weight excluding hydrogens is 653 g/mol. The number of nitrogens with one attached hydrogen (secondary N) is 2. The summed E-state index contributed by atoms with van der Waals surface area (Å²) in [7, 11) is -3.69. The van der Waals surface area contributed by atoms with Crippen LogP contribution in [-0.2, 0) is 27.5 Å². The zero-order chi connectivity index (χ0) is 32.8. The minimum absolute atomic E-state index is 0.0658. The maximum Gasteiger partial charge on any atom is 0.418 e. The van der Waals surface area contributed by atoms with Crippen LogP contribution in [0.3, 0.4) is 0 Å². The number of hydrogen-bond donors (Lipinski definition) is 2. The van der Waals surface area contributed by atoms with Gasteiger partial charge in [-0.2, -0.15) is 17.5 Å². The Balaban J connectivity index is 1.50. The first kappa shape index (κ1) is 34.0. The van der Waals surface area contributed by atoms with Gasteiger partial charge in [0.1, 0.15) is 0 Å². The number of amides is 2. The highest BCUT2D eigenvalue weighted by Crippen LogP contribution is 2.34. The normalized spacial score (nSPS) is 11.9. The summed E-state index contributed by atoms with van der Waals surface area (Å²) in [4.78, 5) is 25.6. The molecule has 0 spiro atoms. The summed E-state index contributed by atoms with van der Waals surface area (Å²) in [6, 6.07) is 16.9.